The zero-order valence-electron chi connectivity index (χ0n) is 11.0. The molecule has 0 bridgehead atoms. The van der Waals surface area contributed by atoms with Crippen LogP contribution in [0.5, 0.6) is 0 Å². The van der Waals surface area contributed by atoms with Crippen LogP contribution in [-0.2, 0) is 6.54 Å². The smallest absolute Gasteiger partial charge is 0.0951 e. The summed E-state index contributed by atoms with van der Waals surface area (Å²) in [5.41, 5.74) is 5.06. The van der Waals surface area contributed by atoms with Crippen molar-refractivity contribution in [1.82, 2.24) is 9.55 Å². The minimum atomic E-state index is 0.698. The van der Waals surface area contributed by atoms with E-state index in [0.717, 1.165) is 6.54 Å². The van der Waals surface area contributed by atoms with Gasteiger partial charge in [0.1, 0.15) is 0 Å². The van der Waals surface area contributed by atoms with Gasteiger partial charge in [-0.3, -0.25) is 0 Å². The standard InChI is InChI=1S/C15H19N3/c1-11-5-12(2)7-13(6-11)17-9-15-8-16-10-18(15)14-3-4-14/h5-8,10,14,17H,3-4,9H2,1-2H3. The lowest BCUT2D eigenvalue weighted by atomic mass is 10.1. The number of imidazole rings is 1. The van der Waals surface area contributed by atoms with Crippen molar-refractivity contribution in [3.05, 3.63) is 47.5 Å². The Morgan fingerprint density at radius 3 is 2.61 bits per heavy atom. The summed E-state index contributed by atoms with van der Waals surface area (Å²) in [7, 11) is 0. The maximum Gasteiger partial charge on any atom is 0.0951 e. The second-order valence-corrected chi connectivity index (χ2v) is 5.25. The van der Waals surface area contributed by atoms with Crippen molar-refractivity contribution < 1.29 is 0 Å². The highest BCUT2D eigenvalue weighted by molar-refractivity contribution is 5.48. The van der Waals surface area contributed by atoms with Crippen molar-refractivity contribution in [1.29, 1.82) is 0 Å². The second kappa shape index (κ2) is 4.48. The minimum absolute atomic E-state index is 0.698. The minimum Gasteiger partial charge on any atom is -0.379 e. The molecule has 3 nitrogen and oxygen atoms in total. The lowest BCUT2D eigenvalue weighted by Crippen LogP contribution is -2.06. The molecule has 0 unspecified atom stereocenters. The zero-order valence-corrected chi connectivity index (χ0v) is 11.0. The fraction of sp³-hybridized carbons (Fsp3) is 0.400. The summed E-state index contributed by atoms with van der Waals surface area (Å²) in [6.45, 7) is 5.11. The number of rotatable bonds is 4. The Morgan fingerprint density at radius 1 is 1.22 bits per heavy atom. The number of aromatic nitrogens is 2. The molecule has 1 aromatic heterocycles. The maximum absolute atomic E-state index is 4.25. The van der Waals surface area contributed by atoms with Crippen LogP contribution in [0, 0.1) is 13.8 Å². The number of hydrogen-bond acceptors (Lipinski definition) is 2. The number of anilines is 1. The van der Waals surface area contributed by atoms with E-state index in [0.29, 0.717) is 6.04 Å². The van der Waals surface area contributed by atoms with Crippen molar-refractivity contribution in [2.75, 3.05) is 5.32 Å². The maximum atomic E-state index is 4.25. The van der Waals surface area contributed by atoms with Gasteiger partial charge in [-0.25, -0.2) is 4.98 Å². The van der Waals surface area contributed by atoms with Gasteiger partial charge in [0.15, 0.2) is 0 Å². The Balaban J connectivity index is 1.71. The van der Waals surface area contributed by atoms with Crippen LogP contribution in [0.3, 0.4) is 0 Å². The van der Waals surface area contributed by atoms with Crippen molar-refractivity contribution in [2.24, 2.45) is 0 Å². The van der Waals surface area contributed by atoms with E-state index in [-0.39, 0.29) is 0 Å². The topological polar surface area (TPSA) is 29.9 Å². The Labute approximate surface area is 108 Å². The summed E-state index contributed by atoms with van der Waals surface area (Å²) >= 11 is 0. The van der Waals surface area contributed by atoms with Gasteiger partial charge >= 0.3 is 0 Å². The summed E-state index contributed by atoms with van der Waals surface area (Å²) in [6, 6.07) is 7.26. The van der Waals surface area contributed by atoms with E-state index in [1.54, 1.807) is 0 Å². The number of nitrogens with zero attached hydrogens (tertiary/aromatic N) is 2. The Kier molecular flexibility index (Phi) is 2.82. The fourth-order valence-electron chi connectivity index (χ4n) is 2.42. The van der Waals surface area contributed by atoms with Gasteiger partial charge < -0.3 is 9.88 Å². The molecular formula is C15H19N3. The molecule has 1 heterocycles. The predicted molar refractivity (Wildman–Crippen MR) is 73.7 cm³/mol. The molecular weight excluding hydrogens is 222 g/mol. The van der Waals surface area contributed by atoms with Crippen LogP contribution < -0.4 is 5.32 Å². The van der Waals surface area contributed by atoms with Crippen LogP contribution in [0.4, 0.5) is 5.69 Å². The first-order valence-corrected chi connectivity index (χ1v) is 6.55. The van der Waals surface area contributed by atoms with E-state index >= 15 is 0 Å². The van der Waals surface area contributed by atoms with Gasteiger partial charge in [0.2, 0.25) is 0 Å². The third kappa shape index (κ3) is 2.40. The monoisotopic (exact) mass is 241 g/mol. The summed E-state index contributed by atoms with van der Waals surface area (Å²) in [6.07, 6.45) is 6.52. The molecule has 0 atom stereocenters. The van der Waals surface area contributed by atoms with Crippen molar-refractivity contribution in [3.63, 3.8) is 0 Å². The highest BCUT2D eigenvalue weighted by atomic mass is 15.1. The van der Waals surface area contributed by atoms with Gasteiger partial charge in [-0.05, 0) is 49.9 Å². The molecule has 1 N–H and O–H groups in total. The van der Waals surface area contributed by atoms with Crippen LogP contribution >= 0.6 is 0 Å². The first-order valence-electron chi connectivity index (χ1n) is 6.55. The van der Waals surface area contributed by atoms with Crippen LogP contribution in [0.15, 0.2) is 30.7 Å². The van der Waals surface area contributed by atoms with E-state index < -0.39 is 0 Å². The normalized spacial score (nSPS) is 14.8. The first kappa shape index (κ1) is 11.3. The van der Waals surface area contributed by atoms with Crippen molar-refractivity contribution >= 4 is 5.69 Å². The molecule has 1 aliphatic rings. The molecule has 0 amide bonds. The Bertz CT molecular complexity index is 532. The van der Waals surface area contributed by atoms with Crippen LogP contribution in [0.2, 0.25) is 0 Å². The summed E-state index contributed by atoms with van der Waals surface area (Å²) in [5.74, 6) is 0. The van der Waals surface area contributed by atoms with Gasteiger partial charge in [0.25, 0.3) is 0 Å². The summed E-state index contributed by atoms with van der Waals surface area (Å²) in [5, 5.41) is 3.49. The number of hydrogen-bond donors (Lipinski definition) is 1. The molecule has 1 saturated carbocycles. The summed E-state index contributed by atoms with van der Waals surface area (Å²) in [4.78, 5) is 4.25. The largest absolute Gasteiger partial charge is 0.379 e. The van der Waals surface area contributed by atoms with Crippen molar-refractivity contribution in [2.45, 2.75) is 39.3 Å². The third-order valence-electron chi connectivity index (χ3n) is 3.38. The third-order valence-corrected chi connectivity index (χ3v) is 3.38. The van der Waals surface area contributed by atoms with Gasteiger partial charge in [-0.15, -0.1) is 0 Å². The molecule has 18 heavy (non-hydrogen) atoms. The molecule has 0 spiro atoms. The summed E-state index contributed by atoms with van der Waals surface area (Å²) < 4.78 is 2.30. The van der Waals surface area contributed by atoms with Gasteiger partial charge in [-0.1, -0.05) is 6.07 Å². The van der Waals surface area contributed by atoms with E-state index in [4.69, 9.17) is 0 Å². The highest BCUT2D eigenvalue weighted by Gasteiger charge is 2.24. The molecule has 0 radical (unpaired) electrons. The fourth-order valence-corrected chi connectivity index (χ4v) is 2.42. The molecule has 3 heteroatoms. The van der Waals surface area contributed by atoms with E-state index in [2.05, 4.69) is 46.9 Å². The average Bonchev–Trinajstić information content (AvgIpc) is 3.05. The Hall–Kier alpha value is -1.77. The van der Waals surface area contributed by atoms with E-state index in [9.17, 15) is 0 Å². The molecule has 1 fully saturated rings. The molecule has 2 aromatic rings. The van der Waals surface area contributed by atoms with Gasteiger partial charge in [-0.2, -0.15) is 0 Å². The average molecular weight is 241 g/mol. The first-order chi connectivity index (χ1) is 8.72. The number of benzene rings is 1. The lowest BCUT2D eigenvalue weighted by Gasteiger charge is -2.10. The van der Waals surface area contributed by atoms with Crippen molar-refractivity contribution in [3.8, 4) is 0 Å². The lowest BCUT2D eigenvalue weighted by molar-refractivity contribution is 0.701. The molecule has 94 valence electrons. The SMILES string of the molecule is Cc1cc(C)cc(NCc2cncn2C2CC2)c1. The van der Waals surface area contributed by atoms with Gasteiger partial charge in [0, 0.05) is 17.9 Å². The van der Waals surface area contributed by atoms with Crippen LogP contribution in [0.1, 0.15) is 35.7 Å². The molecule has 1 aromatic carbocycles. The highest BCUT2D eigenvalue weighted by Crippen LogP contribution is 2.35. The predicted octanol–water partition coefficient (Wildman–Crippen LogP) is 3.45. The number of nitrogens with one attached hydrogen (secondary N) is 1. The second-order valence-electron chi connectivity index (χ2n) is 5.25. The van der Waals surface area contributed by atoms with E-state index in [1.807, 2.05) is 12.5 Å². The Morgan fingerprint density at radius 2 is 1.94 bits per heavy atom. The van der Waals surface area contributed by atoms with Gasteiger partial charge in [0.05, 0.1) is 18.6 Å². The molecule has 1 aliphatic carbocycles. The van der Waals surface area contributed by atoms with Crippen LogP contribution in [0.25, 0.3) is 0 Å². The zero-order chi connectivity index (χ0) is 12.5. The van der Waals surface area contributed by atoms with E-state index in [1.165, 1.54) is 35.3 Å². The molecule has 0 saturated heterocycles. The van der Waals surface area contributed by atoms with Crippen LogP contribution in [-0.4, -0.2) is 9.55 Å². The molecule has 0 aliphatic heterocycles. The quantitative estimate of drug-likeness (QED) is 0.888. The molecule has 3 rings (SSSR count). The number of aryl methyl sites for hydroxylation is 2.